The fourth-order valence-corrected chi connectivity index (χ4v) is 2.87. The quantitative estimate of drug-likeness (QED) is 0.397. The van der Waals surface area contributed by atoms with Crippen LogP contribution in [0.15, 0.2) is 27.8 Å². The van der Waals surface area contributed by atoms with Crippen LogP contribution in [0, 0.1) is 5.92 Å². The van der Waals surface area contributed by atoms with Crippen molar-refractivity contribution in [1.29, 1.82) is 0 Å². The van der Waals surface area contributed by atoms with Crippen molar-refractivity contribution in [3.05, 3.63) is 24.2 Å². The molecule has 0 amide bonds. The van der Waals surface area contributed by atoms with E-state index in [-0.39, 0.29) is 6.54 Å². The van der Waals surface area contributed by atoms with Crippen molar-refractivity contribution in [3.63, 3.8) is 0 Å². The molecule has 1 aliphatic heterocycles. The Hall–Kier alpha value is -1.57. The van der Waals surface area contributed by atoms with E-state index >= 15 is 0 Å². The van der Waals surface area contributed by atoms with E-state index in [1.807, 2.05) is 6.92 Å². The maximum atomic E-state index is 10.6. The predicted molar refractivity (Wildman–Crippen MR) is 96.6 cm³/mol. The molecule has 25 heavy (non-hydrogen) atoms. The number of hydrogen-bond donors (Lipinski definition) is 2. The smallest absolute Gasteiger partial charge is 0.194 e. The molecule has 2 rings (SSSR count). The van der Waals surface area contributed by atoms with Gasteiger partial charge < -0.3 is 29.2 Å². The first-order chi connectivity index (χ1) is 12.1. The number of likely N-dealkylation sites (tertiary alicyclic amines) is 1. The van der Waals surface area contributed by atoms with Crippen LogP contribution in [0.4, 0.5) is 0 Å². The second-order valence-corrected chi connectivity index (χ2v) is 6.59. The average Bonchev–Trinajstić information content (AvgIpc) is 3.27. The summed E-state index contributed by atoms with van der Waals surface area (Å²) in [6.45, 7) is 8.63. The zero-order chi connectivity index (χ0) is 18.1. The van der Waals surface area contributed by atoms with Gasteiger partial charge in [-0.3, -0.25) is 0 Å². The molecule has 0 spiro atoms. The van der Waals surface area contributed by atoms with Gasteiger partial charge in [0.05, 0.1) is 32.6 Å². The van der Waals surface area contributed by atoms with Crippen molar-refractivity contribution in [2.75, 3.05) is 53.1 Å². The van der Waals surface area contributed by atoms with Gasteiger partial charge in [0.15, 0.2) is 5.96 Å². The summed E-state index contributed by atoms with van der Waals surface area (Å²) in [5, 5.41) is 13.9. The number of rotatable bonds is 9. The van der Waals surface area contributed by atoms with Gasteiger partial charge in [0.2, 0.25) is 0 Å². The highest BCUT2D eigenvalue weighted by molar-refractivity contribution is 5.80. The lowest BCUT2D eigenvalue weighted by atomic mass is 10.0. The Morgan fingerprint density at radius 3 is 3.04 bits per heavy atom. The lowest BCUT2D eigenvalue weighted by molar-refractivity contribution is 0.0434. The molecule has 1 fully saturated rings. The lowest BCUT2D eigenvalue weighted by Gasteiger charge is -2.24. The Morgan fingerprint density at radius 1 is 1.52 bits per heavy atom. The number of guanidine groups is 1. The Morgan fingerprint density at radius 2 is 2.36 bits per heavy atom. The summed E-state index contributed by atoms with van der Waals surface area (Å²) >= 11 is 0. The Kier molecular flexibility index (Phi) is 7.74. The van der Waals surface area contributed by atoms with Gasteiger partial charge in [-0.05, 0) is 32.4 Å². The molecule has 0 radical (unpaired) electrons. The molecular formula is C18H31N3O4. The zero-order valence-electron chi connectivity index (χ0n) is 15.5. The molecule has 1 aromatic rings. The Labute approximate surface area is 150 Å². The maximum absolute atomic E-state index is 10.6. The van der Waals surface area contributed by atoms with Crippen LogP contribution in [0.25, 0.3) is 0 Å². The highest BCUT2D eigenvalue weighted by Gasteiger charge is 2.28. The van der Waals surface area contributed by atoms with Crippen LogP contribution >= 0.6 is 0 Å². The maximum Gasteiger partial charge on any atom is 0.194 e. The Bertz CT molecular complexity index is 516. The van der Waals surface area contributed by atoms with Crippen LogP contribution < -0.4 is 5.32 Å². The van der Waals surface area contributed by atoms with Gasteiger partial charge in [-0.2, -0.15) is 0 Å². The molecule has 2 unspecified atom stereocenters. The minimum atomic E-state index is -1.12. The number of furan rings is 1. The molecular weight excluding hydrogens is 322 g/mol. The summed E-state index contributed by atoms with van der Waals surface area (Å²) in [5.41, 5.74) is -1.12. The summed E-state index contributed by atoms with van der Waals surface area (Å²) in [4.78, 5) is 6.86. The summed E-state index contributed by atoms with van der Waals surface area (Å²) in [6, 6.07) is 3.54. The molecule has 0 aromatic carbocycles. The van der Waals surface area contributed by atoms with E-state index in [0.29, 0.717) is 24.9 Å². The summed E-state index contributed by atoms with van der Waals surface area (Å²) in [7, 11) is 1.68. The summed E-state index contributed by atoms with van der Waals surface area (Å²) < 4.78 is 16.0. The third-order valence-corrected chi connectivity index (χ3v) is 4.29. The normalized spacial score (nSPS) is 20.7. The van der Waals surface area contributed by atoms with Crippen LogP contribution in [-0.4, -0.2) is 69.1 Å². The van der Waals surface area contributed by atoms with Gasteiger partial charge in [-0.15, -0.1) is 0 Å². The number of methoxy groups -OCH3 is 1. The fraction of sp³-hybridized carbons (Fsp3) is 0.722. The minimum absolute atomic E-state index is 0.244. The van der Waals surface area contributed by atoms with E-state index < -0.39 is 5.60 Å². The van der Waals surface area contributed by atoms with Crippen molar-refractivity contribution >= 4 is 5.96 Å². The van der Waals surface area contributed by atoms with Crippen LogP contribution in [0.3, 0.4) is 0 Å². The first-order valence-electron chi connectivity index (χ1n) is 8.93. The van der Waals surface area contributed by atoms with Gasteiger partial charge in [0.25, 0.3) is 0 Å². The number of hydrogen-bond acceptors (Lipinski definition) is 5. The minimum Gasteiger partial charge on any atom is -0.466 e. The second kappa shape index (κ2) is 9.79. The third kappa shape index (κ3) is 6.02. The van der Waals surface area contributed by atoms with E-state index in [9.17, 15) is 5.11 Å². The van der Waals surface area contributed by atoms with Crippen LogP contribution in [0.5, 0.6) is 0 Å². The topological polar surface area (TPSA) is 79.5 Å². The summed E-state index contributed by atoms with van der Waals surface area (Å²) in [6.07, 6.45) is 2.64. The van der Waals surface area contributed by atoms with Crippen LogP contribution in [-0.2, 0) is 15.1 Å². The molecule has 0 saturated carbocycles. The average molecular weight is 353 g/mol. The lowest BCUT2D eigenvalue weighted by Crippen LogP contribution is -2.41. The fourth-order valence-electron chi connectivity index (χ4n) is 2.87. The number of aliphatic hydroxyl groups is 1. The highest BCUT2D eigenvalue weighted by atomic mass is 16.5. The van der Waals surface area contributed by atoms with E-state index in [4.69, 9.17) is 13.9 Å². The molecule has 1 aliphatic rings. The largest absolute Gasteiger partial charge is 0.466 e. The monoisotopic (exact) mass is 353 g/mol. The number of ether oxygens (including phenoxy) is 2. The molecule has 1 aromatic heterocycles. The highest BCUT2D eigenvalue weighted by Crippen LogP contribution is 2.22. The van der Waals surface area contributed by atoms with Gasteiger partial charge >= 0.3 is 0 Å². The van der Waals surface area contributed by atoms with Crippen LogP contribution in [0.2, 0.25) is 0 Å². The number of aliphatic imine (C=N–C) groups is 1. The molecule has 2 heterocycles. The molecule has 2 atom stereocenters. The predicted octanol–water partition coefficient (Wildman–Crippen LogP) is 1.44. The van der Waals surface area contributed by atoms with Crippen LogP contribution in [0.1, 0.15) is 26.0 Å². The third-order valence-electron chi connectivity index (χ3n) is 4.29. The van der Waals surface area contributed by atoms with Crippen molar-refractivity contribution in [2.24, 2.45) is 10.9 Å². The van der Waals surface area contributed by atoms with Gasteiger partial charge in [-0.1, -0.05) is 0 Å². The van der Waals surface area contributed by atoms with Gasteiger partial charge in [0.1, 0.15) is 11.4 Å². The molecule has 142 valence electrons. The van der Waals surface area contributed by atoms with Crippen molar-refractivity contribution < 1.29 is 19.0 Å². The molecule has 2 N–H and O–H groups in total. The standard InChI is InChI=1S/C18H31N3O4/c1-4-19-17(20-14-18(2,22)16-6-5-9-25-16)21-8-7-15(12-21)13-24-11-10-23-3/h5-6,9,15,22H,4,7-8,10-14H2,1-3H3,(H,19,20). The van der Waals surface area contributed by atoms with Crippen molar-refractivity contribution in [2.45, 2.75) is 25.9 Å². The van der Waals surface area contributed by atoms with E-state index in [1.54, 1.807) is 32.4 Å². The second-order valence-electron chi connectivity index (χ2n) is 6.59. The van der Waals surface area contributed by atoms with Gasteiger partial charge in [-0.25, -0.2) is 4.99 Å². The first-order valence-corrected chi connectivity index (χ1v) is 8.93. The zero-order valence-corrected chi connectivity index (χ0v) is 15.5. The SMILES string of the molecule is CCNC(=NCC(C)(O)c1ccco1)N1CCC(COCCOC)C1. The number of nitrogens with zero attached hydrogens (tertiary/aromatic N) is 2. The first kappa shape index (κ1) is 19.8. The molecule has 0 aliphatic carbocycles. The molecule has 1 saturated heterocycles. The van der Waals surface area contributed by atoms with E-state index in [0.717, 1.165) is 38.6 Å². The van der Waals surface area contributed by atoms with E-state index in [2.05, 4.69) is 15.2 Å². The van der Waals surface area contributed by atoms with Gasteiger partial charge in [0, 0.05) is 32.7 Å². The Balaban J connectivity index is 1.89. The molecule has 0 bridgehead atoms. The van der Waals surface area contributed by atoms with Crippen molar-refractivity contribution in [1.82, 2.24) is 10.2 Å². The summed E-state index contributed by atoms with van der Waals surface area (Å²) in [5.74, 6) is 1.85. The van der Waals surface area contributed by atoms with Crippen molar-refractivity contribution in [3.8, 4) is 0 Å². The number of nitrogens with one attached hydrogen (secondary N) is 1. The van der Waals surface area contributed by atoms with E-state index in [1.165, 1.54) is 0 Å². The molecule has 7 heteroatoms. The molecule has 7 nitrogen and oxygen atoms in total.